The number of rotatable bonds is 9. The third-order valence-electron chi connectivity index (χ3n) is 4.45. The summed E-state index contributed by atoms with van der Waals surface area (Å²) in [6.07, 6.45) is 3.06. The molecule has 170 valence electrons. The van der Waals surface area contributed by atoms with Gasteiger partial charge in [0.1, 0.15) is 11.8 Å². The number of ether oxygens (including phenoxy) is 2. The molecule has 0 saturated carbocycles. The van der Waals surface area contributed by atoms with Crippen LogP contribution in [0.3, 0.4) is 0 Å². The zero-order chi connectivity index (χ0) is 23.0. The Hall–Kier alpha value is -2.59. The first-order valence-corrected chi connectivity index (χ1v) is 11.7. The maximum atomic E-state index is 12.9. The first kappa shape index (κ1) is 24.7. The zero-order valence-electron chi connectivity index (χ0n) is 17.3. The fourth-order valence-corrected chi connectivity index (χ4v) is 4.94. The lowest BCUT2D eigenvalue weighted by Gasteiger charge is -2.24. The summed E-state index contributed by atoms with van der Waals surface area (Å²) in [5, 5.41) is 1.32. The fourth-order valence-electron chi connectivity index (χ4n) is 3.03. The van der Waals surface area contributed by atoms with Gasteiger partial charge in [0, 0.05) is 5.56 Å². The van der Waals surface area contributed by atoms with Crippen LogP contribution in [0.4, 0.5) is 5.69 Å². The molecule has 0 spiro atoms. The summed E-state index contributed by atoms with van der Waals surface area (Å²) in [5.74, 6) is -1.80. The standard InChI is InChI=1S/C20H25ClN2O7S/c1-3-29-18(24)12-22-19(25)13-9-10-16(15(21)11-13)23-31(27,28)17-8-6-5-7-14(17)20(26)30-4-2/h7,9-11,17,23H,3-6,8,12H2,1-2H3,(H,22,25). The van der Waals surface area contributed by atoms with Crippen LogP contribution in [0.25, 0.3) is 0 Å². The highest BCUT2D eigenvalue weighted by molar-refractivity contribution is 7.93. The molecule has 0 heterocycles. The van der Waals surface area contributed by atoms with E-state index in [4.69, 9.17) is 21.1 Å². The Balaban J connectivity index is 2.14. The Morgan fingerprint density at radius 1 is 1.16 bits per heavy atom. The number of halogens is 1. The van der Waals surface area contributed by atoms with Gasteiger partial charge in [0.05, 0.1) is 29.5 Å². The van der Waals surface area contributed by atoms with E-state index < -0.39 is 33.1 Å². The molecule has 0 bridgehead atoms. The van der Waals surface area contributed by atoms with Crippen LogP contribution in [0.5, 0.6) is 0 Å². The summed E-state index contributed by atoms with van der Waals surface area (Å²) in [5.41, 5.74) is 0.311. The van der Waals surface area contributed by atoms with E-state index in [0.29, 0.717) is 12.8 Å². The SMILES string of the molecule is CCOC(=O)CNC(=O)c1ccc(NS(=O)(=O)C2CCCC=C2C(=O)OCC)c(Cl)c1. The summed E-state index contributed by atoms with van der Waals surface area (Å²) in [4.78, 5) is 35.7. The maximum absolute atomic E-state index is 12.9. The fraction of sp³-hybridized carbons (Fsp3) is 0.450. The lowest BCUT2D eigenvalue weighted by atomic mass is 9.99. The van der Waals surface area contributed by atoms with Crippen molar-refractivity contribution in [3.8, 4) is 0 Å². The van der Waals surface area contributed by atoms with E-state index in [1.807, 2.05) is 0 Å². The van der Waals surface area contributed by atoms with Gasteiger partial charge in [0.25, 0.3) is 5.91 Å². The van der Waals surface area contributed by atoms with E-state index in [1.54, 1.807) is 19.9 Å². The Labute approximate surface area is 186 Å². The van der Waals surface area contributed by atoms with Crippen molar-refractivity contribution in [2.75, 3.05) is 24.5 Å². The molecule has 0 saturated heterocycles. The maximum Gasteiger partial charge on any atom is 0.335 e. The largest absolute Gasteiger partial charge is 0.465 e. The average Bonchev–Trinajstić information content (AvgIpc) is 2.73. The van der Waals surface area contributed by atoms with Gasteiger partial charge in [0.2, 0.25) is 10.0 Å². The smallest absolute Gasteiger partial charge is 0.335 e. The summed E-state index contributed by atoms with van der Waals surface area (Å²) in [6, 6.07) is 3.99. The van der Waals surface area contributed by atoms with Gasteiger partial charge in [-0.3, -0.25) is 14.3 Å². The van der Waals surface area contributed by atoms with Crippen molar-refractivity contribution in [2.45, 2.75) is 38.4 Å². The van der Waals surface area contributed by atoms with Crippen LogP contribution in [-0.2, 0) is 29.1 Å². The highest BCUT2D eigenvalue weighted by Gasteiger charge is 2.35. The van der Waals surface area contributed by atoms with Crippen molar-refractivity contribution in [2.24, 2.45) is 0 Å². The van der Waals surface area contributed by atoms with Crippen molar-refractivity contribution in [1.29, 1.82) is 0 Å². The molecule has 0 radical (unpaired) electrons. The molecule has 1 aromatic carbocycles. The highest BCUT2D eigenvalue weighted by atomic mass is 35.5. The molecular weight excluding hydrogens is 448 g/mol. The van der Waals surface area contributed by atoms with Gasteiger partial charge in [-0.15, -0.1) is 0 Å². The summed E-state index contributed by atoms with van der Waals surface area (Å²) >= 11 is 6.17. The minimum atomic E-state index is -4.00. The van der Waals surface area contributed by atoms with E-state index in [0.717, 1.165) is 0 Å². The zero-order valence-corrected chi connectivity index (χ0v) is 18.8. The van der Waals surface area contributed by atoms with Gasteiger partial charge < -0.3 is 14.8 Å². The second-order valence-electron chi connectivity index (χ2n) is 6.63. The second-order valence-corrected chi connectivity index (χ2v) is 8.90. The van der Waals surface area contributed by atoms with Gasteiger partial charge in [-0.2, -0.15) is 0 Å². The molecule has 2 rings (SSSR count). The Morgan fingerprint density at radius 2 is 1.87 bits per heavy atom. The molecule has 0 fully saturated rings. The van der Waals surface area contributed by atoms with Crippen LogP contribution in [-0.4, -0.2) is 51.3 Å². The van der Waals surface area contributed by atoms with E-state index in [2.05, 4.69) is 10.0 Å². The lowest BCUT2D eigenvalue weighted by molar-refractivity contribution is -0.142. The van der Waals surface area contributed by atoms with Gasteiger partial charge >= 0.3 is 11.9 Å². The molecule has 1 amide bonds. The Morgan fingerprint density at radius 3 is 2.52 bits per heavy atom. The van der Waals surface area contributed by atoms with Crippen LogP contribution in [0.15, 0.2) is 29.8 Å². The van der Waals surface area contributed by atoms with E-state index >= 15 is 0 Å². The molecule has 0 aromatic heterocycles. The molecule has 2 N–H and O–H groups in total. The van der Waals surface area contributed by atoms with Crippen molar-refractivity contribution in [3.05, 3.63) is 40.4 Å². The third-order valence-corrected chi connectivity index (χ3v) is 6.51. The van der Waals surface area contributed by atoms with Crippen molar-refractivity contribution in [1.82, 2.24) is 5.32 Å². The molecule has 1 aromatic rings. The molecule has 9 nitrogen and oxygen atoms in total. The Bertz CT molecular complexity index is 976. The normalized spacial score (nSPS) is 16.1. The van der Waals surface area contributed by atoms with E-state index in [-0.39, 0.29) is 48.0 Å². The van der Waals surface area contributed by atoms with Crippen molar-refractivity contribution >= 4 is 45.2 Å². The monoisotopic (exact) mass is 472 g/mol. The first-order valence-electron chi connectivity index (χ1n) is 9.81. The number of hydrogen-bond acceptors (Lipinski definition) is 7. The number of allylic oxidation sites excluding steroid dienone is 1. The molecule has 0 aliphatic heterocycles. The summed E-state index contributed by atoms with van der Waals surface area (Å²) < 4.78 is 38.0. The number of amides is 1. The second kappa shape index (κ2) is 11.1. The molecule has 1 aliphatic rings. The molecule has 1 atom stereocenters. The Kier molecular flexibility index (Phi) is 8.88. The van der Waals surface area contributed by atoms with Crippen molar-refractivity contribution in [3.63, 3.8) is 0 Å². The van der Waals surface area contributed by atoms with Crippen LogP contribution in [0, 0.1) is 0 Å². The highest BCUT2D eigenvalue weighted by Crippen LogP contribution is 2.30. The number of hydrogen-bond donors (Lipinski definition) is 2. The number of nitrogens with one attached hydrogen (secondary N) is 2. The number of esters is 2. The number of anilines is 1. The number of sulfonamides is 1. The summed E-state index contributed by atoms with van der Waals surface area (Å²) in [7, 11) is -4.00. The molecule has 11 heteroatoms. The van der Waals surface area contributed by atoms with E-state index in [1.165, 1.54) is 18.2 Å². The van der Waals surface area contributed by atoms with Crippen LogP contribution in [0.1, 0.15) is 43.5 Å². The summed E-state index contributed by atoms with van der Waals surface area (Å²) in [6.45, 7) is 3.33. The lowest BCUT2D eigenvalue weighted by Crippen LogP contribution is -2.34. The minimum Gasteiger partial charge on any atom is -0.465 e. The number of carbonyl (C=O) groups excluding carboxylic acids is 3. The first-order chi connectivity index (χ1) is 14.7. The van der Waals surface area contributed by atoms with Gasteiger partial charge in [-0.1, -0.05) is 17.7 Å². The van der Waals surface area contributed by atoms with Crippen LogP contribution >= 0.6 is 11.6 Å². The predicted molar refractivity (Wildman–Crippen MR) is 115 cm³/mol. The number of benzene rings is 1. The topological polar surface area (TPSA) is 128 Å². The quantitative estimate of drug-likeness (QED) is 0.528. The minimum absolute atomic E-state index is 0.00941. The molecule has 1 aliphatic carbocycles. The molecular formula is C20H25ClN2O7S. The van der Waals surface area contributed by atoms with Gasteiger partial charge in [0.15, 0.2) is 0 Å². The van der Waals surface area contributed by atoms with Crippen LogP contribution in [0.2, 0.25) is 5.02 Å². The average molecular weight is 473 g/mol. The van der Waals surface area contributed by atoms with Gasteiger partial charge in [-0.05, 0) is 51.3 Å². The van der Waals surface area contributed by atoms with Gasteiger partial charge in [-0.25, -0.2) is 13.2 Å². The van der Waals surface area contributed by atoms with Crippen molar-refractivity contribution < 1.29 is 32.3 Å². The van der Waals surface area contributed by atoms with E-state index in [9.17, 15) is 22.8 Å². The third kappa shape index (κ3) is 6.70. The number of carbonyl (C=O) groups is 3. The van der Waals surface area contributed by atoms with Crippen LogP contribution < -0.4 is 10.0 Å². The predicted octanol–water partition coefficient (Wildman–Crippen LogP) is 2.42. The molecule has 31 heavy (non-hydrogen) atoms. The molecule has 1 unspecified atom stereocenters.